The summed E-state index contributed by atoms with van der Waals surface area (Å²) >= 11 is 0. The zero-order valence-electron chi connectivity index (χ0n) is 33.6. The van der Waals surface area contributed by atoms with E-state index < -0.39 is 0 Å². The van der Waals surface area contributed by atoms with Crippen LogP contribution >= 0.6 is 0 Å². The van der Waals surface area contributed by atoms with Gasteiger partial charge < -0.3 is 9.47 Å². The standard InChI is InChI=1S/C53H52N2/c1-51(2,3)39-24-28-42(29-25-39)54(43-30-26-40(27-31-43)52(4,5)6)44-32-34-49-46(36-44)45-35-38(37-17-11-9-12-18-37)23-33-48(45)55(49)50-22-16-15-21-47(50)53(7,8)41-19-13-10-14-20-41/h9-36H,1-8H3. The summed E-state index contributed by atoms with van der Waals surface area (Å²) in [5.74, 6) is 0. The zero-order chi connectivity index (χ0) is 38.5. The summed E-state index contributed by atoms with van der Waals surface area (Å²) in [7, 11) is 0. The smallest absolute Gasteiger partial charge is 0.0542 e. The molecule has 2 heteroatoms. The summed E-state index contributed by atoms with van der Waals surface area (Å²) in [6.45, 7) is 18.3. The van der Waals surface area contributed by atoms with Crippen LogP contribution in [0.25, 0.3) is 38.6 Å². The first kappa shape index (κ1) is 36.1. The molecule has 2 nitrogen and oxygen atoms in total. The van der Waals surface area contributed by atoms with Crippen molar-refractivity contribution in [2.75, 3.05) is 4.90 Å². The van der Waals surface area contributed by atoms with Crippen molar-refractivity contribution in [2.24, 2.45) is 0 Å². The van der Waals surface area contributed by atoms with Crippen LogP contribution in [0.3, 0.4) is 0 Å². The summed E-state index contributed by atoms with van der Waals surface area (Å²) in [6, 6.07) is 62.8. The molecule has 0 saturated heterocycles. The molecule has 0 N–H and O–H groups in total. The maximum absolute atomic E-state index is 2.49. The van der Waals surface area contributed by atoms with E-state index in [0.717, 1.165) is 17.1 Å². The minimum atomic E-state index is -0.222. The molecule has 0 radical (unpaired) electrons. The average molecular weight is 717 g/mol. The van der Waals surface area contributed by atoms with Gasteiger partial charge in [0.05, 0.1) is 16.7 Å². The van der Waals surface area contributed by atoms with Crippen molar-refractivity contribution in [1.29, 1.82) is 0 Å². The Morgan fingerprint density at radius 3 is 1.42 bits per heavy atom. The Balaban J connectivity index is 1.38. The number of hydrogen-bond donors (Lipinski definition) is 0. The second-order valence-corrected chi connectivity index (χ2v) is 17.6. The number of para-hydroxylation sites is 1. The van der Waals surface area contributed by atoms with Crippen LogP contribution in [0.2, 0.25) is 0 Å². The summed E-state index contributed by atoms with van der Waals surface area (Å²) < 4.78 is 2.49. The number of nitrogens with zero attached hydrogens (tertiary/aromatic N) is 2. The van der Waals surface area contributed by atoms with Crippen LogP contribution in [0.4, 0.5) is 17.1 Å². The first-order valence-electron chi connectivity index (χ1n) is 19.6. The Morgan fingerprint density at radius 1 is 0.382 bits per heavy atom. The van der Waals surface area contributed by atoms with Gasteiger partial charge >= 0.3 is 0 Å². The van der Waals surface area contributed by atoms with Crippen LogP contribution in [0.15, 0.2) is 170 Å². The van der Waals surface area contributed by atoms with Gasteiger partial charge in [-0.2, -0.15) is 0 Å². The van der Waals surface area contributed by atoms with E-state index in [1.807, 2.05) is 0 Å². The molecule has 0 aliphatic carbocycles. The molecule has 0 unspecified atom stereocenters. The molecule has 55 heavy (non-hydrogen) atoms. The molecule has 0 aliphatic rings. The SMILES string of the molecule is CC(C)(C)c1ccc(N(c2ccc(C(C)(C)C)cc2)c2ccc3c(c2)c2cc(-c4ccccc4)ccc2n3-c2ccccc2C(C)(C)c2ccccc2)cc1. The van der Waals surface area contributed by atoms with Gasteiger partial charge in [0.25, 0.3) is 0 Å². The van der Waals surface area contributed by atoms with Gasteiger partial charge in [-0.1, -0.05) is 165 Å². The fourth-order valence-electron chi connectivity index (χ4n) is 8.10. The van der Waals surface area contributed by atoms with Crippen LogP contribution in [-0.2, 0) is 16.2 Å². The number of benzene rings is 7. The fourth-order valence-corrected chi connectivity index (χ4v) is 8.10. The lowest BCUT2D eigenvalue weighted by molar-refractivity contribution is 0.590. The van der Waals surface area contributed by atoms with E-state index >= 15 is 0 Å². The van der Waals surface area contributed by atoms with Crippen molar-refractivity contribution in [3.05, 3.63) is 192 Å². The molecule has 0 amide bonds. The topological polar surface area (TPSA) is 8.17 Å². The Bertz CT molecular complexity index is 2540. The van der Waals surface area contributed by atoms with Crippen LogP contribution in [-0.4, -0.2) is 4.57 Å². The number of hydrogen-bond acceptors (Lipinski definition) is 1. The predicted octanol–water partition coefficient (Wildman–Crippen LogP) is 14.8. The highest BCUT2D eigenvalue weighted by atomic mass is 15.1. The summed E-state index contributed by atoms with van der Waals surface area (Å²) in [5.41, 5.74) is 14.6. The van der Waals surface area contributed by atoms with Gasteiger partial charge in [-0.05, 0) is 105 Å². The molecule has 1 heterocycles. The molecule has 0 bridgehead atoms. The largest absolute Gasteiger partial charge is 0.310 e. The van der Waals surface area contributed by atoms with Crippen LogP contribution in [0.5, 0.6) is 0 Å². The zero-order valence-corrected chi connectivity index (χ0v) is 33.6. The van der Waals surface area contributed by atoms with Gasteiger partial charge in [0, 0.05) is 33.2 Å². The molecule has 0 atom stereocenters. The molecule has 0 spiro atoms. The molecule has 8 rings (SSSR count). The van der Waals surface area contributed by atoms with Crippen molar-refractivity contribution < 1.29 is 0 Å². The fraction of sp³-hybridized carbons (Fsp3) is 0.208. The van der Waals surface area contributed by atoms with Gasteiger partial charge in [-0.15, -0.1) is 0 Å². The molecule has 0 aliphatic heterocycles. The predicted molar refractivity (Wildman–Crippen MR) is 237 cm³/mol. The lowest BCUT2D eigenvalue weighted by atomic mass is 9.77. The molecule has 8 aromatic rings. The van der Waals surface area contributed by atoms with Crippen molar-refractivity contribution in [1.82, 2.24) is 4.57 Å². The van der Waals surface area contributed by atoms with E-state index in [9.17, 15) is 0 Å². The number of fused-ring (bicyclic) bond motifs is 3. The maximum Gasteiger partial charge on any atom is 0.0542 e. The van der Waals surface area contributed by atoms with Gasteiger partial charge in [-0.3, -0.25) is 0 Å². The Labute approximate surface area is 327 Å². The quantitative estimate of drug-likeness (QED) is 0.159. The molecular formula is C53H52N2. The van der Waals surface area contributed by atoms with Crippen molar-refractivity contribution in [2.45, 2.75) is 71.6 Å². The normalized spacial score (nSPS) is 12.4. The van der Waals surface area contributed by atoms with E-state index in [1.54, 1.807) is 0 Å². The second kappa shape index (κ2) is 13.8. The molecule has 274 valence electrons. The first-order valence-corrected chi connectivity index (χ1v) is 19.6. The highest BCUT2D eigenvalue weighted by molar-refractivity contribution is 6.12. The minimum Gasteiger partial charge on any atom is -0.310 e. The summed E-state index contributed by atoms with van der Waals surface area (Å²) in [5, 5.41) is 2.46. The molecule has 0 fully saturated rings. The highest BCUT2D eigenvalue weighted by Gasteiger charge is 2.28. The lowest BCUT2D eigenvalue weighted by Crippen LogP contribution is -2.21. The van der Waals surface area contributed by atoms with Gasteiger partial charge in [-0.25, -0.2) is 0 Å². The van der Waals surface area contributed by atoms with Crippen molar-refractivity contribution in [3.8, 4) is 16.8 Å². The molecule has 0 saturated carbocycles. The van der Waals surface area contributed by atoms with Crippen LogP contribution in [0.1, 0.15) is 77.6 Å². The first-order chi connectivity index (χ1) is 26.3. The minimum absolute atomic E-state index is 0.0697. The highest BCUT2D eigenvalue weighted by Crippen LogP contribution is 2.44. The third-order valence-corrected chi connectivity index (χ3v) is 11.4. The maximum atomic E-state index is 2.49. The molecular weight excluding hydrogens is 665 g/mol. The number of anilines is 3. The second-order valence-electron chi connectivity index (χ2n) is 17.6. The number of aromatic nitrogens is 1. The van der Waals surface area contributed by atoms with Crippen LogP contribution < -0.4 is 4.90 Å². The third-order valence-electron chi connectivity index (χ3n) is 11.4. The lowest BCUT2D eigenvalue weighted by Gasteiger charge is -2.29. The van der Waals surface area contributed by atoms with E-state index in [0.29, 0.717) is 0 Å². The van der Waals surface area contributed by atoms with Crippen molar-refractivity contribution in [3.63, 3.8) is 0 Å². The van der Waals surface area contributed by atoms with Crippen molar-refractivity contribution >= 4 is 38.9 Å². The van der Waals surface area contributed by atoms with E-state index in [2.05, 4.69) is 235 Å². The Hall–Kier alpha value is -5.86. The van der Waals surface area contributed by atoms with Gasteiger partial charge in [0.15, 0.2) is 0 Å². The monoisotopic (exact) mass is 716 g/mol. The summed E-state index contributed by atoms with van der Waals surface area (Å²) in [4.78, 5) is 2.41. The van der Waals surface area contributed by atoms with E-state index in [4.69, 9.17) is 0 Å². The van der Waals surface area contributed by atoms with Gasteiger partial charge in [0.2, 0.25) is 0 Å². The van der Waals surface area contributed by atoms with Crippen LogP contribution in [0, 0.1) is 0 Å². The van der Waals surface area contributed by atoms with E-state index in [1.165, 1.54) is 60.9 Å². The van der Waals surface area contributed by atoms with Gasteiger partial charge in [0.1, 0.15) is 0 Å². The number of rotatable bonds is 7. The third kappa shape index (κ3) is 6.76. The molecule has 7 aromatic carbocycles. The average Bonchev–Trinajstić information content (AvgIpc) is 3.51. The van der Waals surface area contributed by atoms with E-state index in [-0.39, 0.29) is 16.2 Å². The summed E-state index contributed by atoms with van der Waals surface area (Å²) in [6.07, 6.45) is 0. The molecule has 1 aromatic heterocycles. The Kier molecular flexibility index (Phi) is 9.05. The Morgan fingerprint density at radius 2 is 0.855 bits per heavy atom.